The first-order valence-corrected chi connectivity index (χ1v) is 8.49. The van der Waals surface area contributed by atoms with E-state index in [1.807, 2.05) is 42.5 Å². The van der Waals surface area contributed by atoms with Crippen molar-refractivity contribution in [2.45, 2.75) is 18.9 Å². The van der Waals surface area contributed by atoms with E-state index < -0.39 is 0 Å². The number of nitrogens with zero attached hydrogens (tertiary/aromatic N) is 1. The van der Waals surface area contributed by atoms with Crippen molar-refractivity contribution < 1.29 is 9.53 Å². The van der Waals surface area contributed by atoms with Crippen molar-refractivity contribution >= 4 is 5.91 Å². The lowest BCUT2D eigenvalue weighted by molar-refractivity contribution is 0.0938. The first-order valence-electron chi connectivity index (χ1n) is 8.49. The van der Waals surface area contributed by atoms with Crippen LogP contribution < -0.4 is 10.1 Å². The topological polar surface area (TPSA) is 41.6 Å². The maximum absolute atomic E-state index is 12.3. The summed E-state index contributed by atoms with van der Waals surface area (Å²) in [4.78, 5) is 14.8. The molecule has 3 rings (SSSR count). The highest BCUT2D eigenvalue weighted by Gasteiger charge is 2.24. The van der Waals surface area contributed by atoms with Crippen LogP contribution in [-0.2, 0) is 0 Å². The number of methoxy groups -OCH3 is 1. The van der Waals surface area contributed by atoms with E-state index in [4.69, 9.17) is 4.74 Å². The summed E-state index contributed by atoms with van der Waals surface area (Å²) >= 11 is 0. The average Bonchev–Trinajstić information content (AvgIpc) is 3.17. The van der Waals surface area contributed by atoms with Gasteiger partial charge in [0.05, 0.1) is 13.2 Å². The van der Waals surface area contributed by atoms with Crippen LogP contribution in [0.25, 0.3) is 0 Å². The van der Waals surface area contributed by atoms with Crippen molar-refractivity contribution in [1.29, 1.82) is 0 Å². The smallest absolute Gasteiger partial charge is 0.251 e. The molecular weight excluding hydrogens is 300 g/mol. The molecule has 2 aromatic rings. The first-order chi connectivity index (χ1) is 11.8. The zero-order valence-electron chi connectivity index (χ0n) is 14.1. The fourth-order valence-corrected chi connectivity index (χ4v) is 3.22. The summed E-state index contributed by atoms with van der Waals surface area (Å²) in [7, 11) is 1.67. The van der Waals surface area contributed by atoms with Crippen LogP contribution in [0, 0.1) is 0 Å². The predicted octanol–water partition coefficient (Wildman–Crippen LogP) is 3.26. The Morgan fingerprint density at radius 3 is 2.38 bits per heavy atom. The van der Waals surface area contributed by atoms with Crippen molar-refractivity contribution in [1.82, 2.24) is 10.2 Å². The number of hydrogen-bond donors (Lipinski definition) is 1. The summed E-state index contributed by atoms with van der Waals surface area (Å²) in [5.74, 6) is 0.834. The van der Waals surface area contributed by atoms with Gasteiger partial charge in [0, 0.05) is 12.1 Å². The van der Waals surface area contributed by atoms with Crippen LogP contribution in [0.5, 0.6) is 5.75 Å². The number of benzene rings is 2. The molecule has 1 amide bonds. The van der Waals surface area contributed by atoms with Gasteiger partial charge in [-0.05, 0) is 55.8 Å². The Morgan fingerprint density at radius 2 is 1.75 bits per heavy atom. The van der Waals surface area contributed by atoms with Gasteiger partial charge >= 0.3 is 0 Å². The lowest BCUT2D eigenvalue weighted by atomic mass is 10.0. The van der Waals surface area contributed by atoms with Crippen LogP contribution in [0.3, 0.4) is 0 Å². The molecule has 4 nitrogen and oxygen atoms in total. The Labute approximate surface area is 143 Å². The van der Waals surface area contributed by atoms with Gasteiger partial charge in [-0.1, -0.05) is 30.3 Å². The third kappa shape index (κ3) is 3.95. The molecule has 0 unspecified atom stereocenters. The summed E-state index contributed by atoms with van der Waals surface area (Å²) < 4.78 is 5.25. The molecule has 1 heterocycles. The molecule has 1 saturated heterocycles. The second kappa shape index (κ2) is 7.97. The molecule has 0 radical (unpaired) electrons. The van der Waals surface area contributed by atoms with E-state index in [2.05, 4.69) is 22.3 Å². The molecule has 0 aromatic heterocycles. The minimum absolute atomic E-state index is 0.0201. The number of hydrogen-bond acceptors (Lipinski definition) is 3. The van der Waals surface area contributed by atoms with E-state index in [0.29, 0.717) is 12.1 Å². The monoisotopic (exact) mass is 324 g/mol. The molecule has 1 aliphatic rings. The van der Waals surface area contributed by atoms with Crippen LogP contribution in [0.2, 0.25) is 0 Å². The van der Waals surface area contributed by atoms with Gasteiger partial charge in [0.2, 0.25) is 0 Å². The number of rotatable bonds is 6. The molecule has 2 aromatic carbocycles. The van der Waals surface area contributed by atoms with Crippen molar-refractivity contribution in [3.63, 3.8) is 0 Å². The zero-order valence-corrected chi connectivity index (χ0v) is 14.1. The van der Waals surface area contributed by atoms with Crippen molar-refractivity contribution in [3.8, 4) is 5.75 Å². The molecular formula is C20H24N2O2. The molecule has 0 aliphatic carbocycles. The van der Waals surface area contributed by atoms with E-state index >= 15 is 0 Å². The summed E-state index contributed by atoms with van der Waals surface area (Å²) in [5.41, 5.74) is 1.92. The Bertz CT molecular complexity index is 649. The Kier molecular flexibility index (Phi) is 5.49. The van der Waals surface area contributed by atoms with Crippen LogP contribution in [0.15, 0.2) is 54.6 Å². The van der Waals surface area contributed by atoms with Gasteiger partial charge in [-0.15, -0.1) is 0 Å². The number of carbonyl (C=O) groups excluding carboxylic acids is 1. The molecule has 1 fully saturated rings. The van der Waals surface area contributed by atoms with Crippen molar-refractivity contribution in [3.05, 3.63) is 65.7 Å². The molecule has 24 heavy (non-hydrogen) atoms. The maximum Gasteiger partial charge on any atom is 0.251 e. The molecule has 126 valence electrons. The molecule has 0 spiro atoms. The summed E-state index contributed by atoms with van der Waals surface area (Å²) in [6, 6.07) is 17.7. The maximum atomic E-state index is 12.3. The Balaban J connectivity index is 1.71. The van der Waals surface area contributed by atoms with E-state index in [1.54, 1.807) is 7.11 Å². The van der Waals surface area contributed by atoms with Crippen LogP contribution in [-0.4, -0.2) is 37.6 Å². The van der Waals surface area contributed by atoms with Crippen LogP contribution in [0.1, 0.15) is 34.8 Å². The van der Waals surface area contributed by atoms with Crippen LogP contribution in [0.4, 0.5) is 0 Å². The SMILES string of the molecule is COc1ccc([C@@H](CNC(=O)c2ccccc2)N2CCCC2)cc1. The van der Waals surface area contributed by atoms with E-state index in [1.165, 1.54) is 18.4 Å². The van der Waals surface area contributed by atoms with Gasteiger partial charge in [0.25, 0.3) is 5.91 Å². The molecule has 1 aliphatic heterocycles. The van der Waals surface area contributed by atoms with Gasteiger partial charge < -0.3 is 10.1 Å². The molecule has 4 heteroatoms. The highest BCUT2D eigenvalue weighted by atomic mass is 16.5. The van der Waals surface area contributed by atoms with Gasteiger partial charge in [0.15, 0.2) is 0 Å². The quantitative estimate of drug-likeness (QED) is 0.887. The van der Waals surface area contributed by atoms with Gasteiger partial charge in [-0.2, -0.15) is 0 Å². The van der Waals surface area contributed by atoms with Gasteiger partial charge in [0.1, 0.15) is 5.75 Å². The van der Waals surface area contributed by atoms with Crippen LogP contribution >= 0.6 is 0 Å². The number of nitrogens with one attached hydrogen (secondary N) is 1. The van der Waals surface area contributed by atoms with Gasteiger partial charge in [-0.25, -0.2) is 0 Å². The van der Waals surface area contributed by atoms with Gasteiger partial charge in [-0.3, -0.25) is 9.69 Å². The lowest BCUT2D eigenvalue weighted by Crippen LogP contribution is -2.36. The number of amides is 1. The molecule has 1 N–H and O–H groups in total. The van der Waals surface area contributed by atoms with E-state index in [9.17, 15) is 4.79 Å². The predicted molar refractivity (Wildman–Crippen MR) is 95.3 cm³/mol. The lowest BCUT2D eigenvalue weighted by Gasteiger charge is -2.28. The highest BCUT2D eigenvalue weighted by molar-refractivity contribution is 5.94. The summed E-state index contributed by atoms with van der Waals surface area (Å²) in [5, 5.41) is 3.09. The average molecular weight is 324 g/mol. The largest absolute Gasteiger partial charge is 0.497 e. The fraction of sp³-hybridized carbons (Fsp3) is 0.350. The third-order valence-electron chi connectivity index (χ3n) is 4.57. The minimum Gasteiger partial charge on any atom is -0.497 e. The fourth-order valence-electron chi connectivity index (χ4n) is 3.22. The van der Waals surface area contributed by atoms with Crippen molar-refractivity contribution in [2.75, 3.05) is 26.7 Å². The van der Waals surface area contributed by atoms with Crippen molar-refractivity contribution in [2.24, 2.45) is 0 Å². The Hall–Kier alpha value is -2.33. The van der Waals surface area contributed by atoms with E-state index in [-0.39, 0.29) is 11.9 Å². The summed E-state index contributed by atoms with van der Waals surface area (Å²) in [6.07, 6.45) is 2.44. The second-order valence-electron chi connectivity index (χ2n) is 6.11. The number of ether oxygens (including phenoxy) is 1. The second-order valence-corrected chi connectivity index (χ2v) is 6.11. The highest BCUT2D eigenvalue weighted by Crippen LogP contribution is 2.26. The minimum atomic E-state index is -0.0201. The molecule has 0 saturated carbocycles. The standard InChI is InChI=1S/C20H24N2O2/c1-24-18-11-9-16(10-12-18)19(22-13-5-6-14-22)15-21-20(23)17-7-3-2-4-8-17/h2-4,7-12,19H,5-6,13-15H2,1H3,(H,21,23)/t19-/m1/s1. The molecule has 1 atom stereocenters. The normalized spacial score (nSPS) is 15.9. The van der Waals surface area contributed by atoms with E-state index in [0.717, 1.165) is 18.8 Å². The third-order valence-corrected chi connectivity index (χ3v) is 4.57. The zero-order chi connectivity index (χ0) is 16.8. The number of carbonyl (C=O) groups is 1. The first kappa shape index (κ1) is 16.5. The summed E-state index contributed by atoms with van der Waals surface area (Å²) in [6.45, 7) is 2.77. The Morgan fingerprint density at radius 1 is 1.08 bits per heavy atom. The number of likely N-dealkylation sites (tertiary alicyclic amines) is 1. The molecule has 0 bridgehead atoms.